The van der Waals surface area contributed by atoms with Crippen LogP contribution in [0.4, 0.5) is 0 Å². The Hall–Kier alpha value is -0.990. The summed E-state index contributed by atoms with van der Waals surface area (Å²) in [4.78, 5) is 10.4. The van der Waals surface area contributed by atoms with E-state index in [2.05, 4.69) is 6.58 Å². The second-order valence-electron chi connectivity index (χ2n) is 2.95. The smallest absolute Gasteiger partial charge is 0.302 e. The third-order valence-electron chi connectivity index (χ3n) is 1.44. The summed E-state index contributed by atoms with van der Waals surface area (Å²) in [5, 5.41) is 0. The van der Waals surface area contributed by atoms with Crippen LogP contribution in [-0.2, 0) is 14.3 Å². The van der Waals surface area contributed by atoms with Crippen LogP contribution in [0.2, 0.25) is 0 Å². The number of carbonyl (C=O) groups is 1. The van der Waals surface area contributed by atoms with Crippen LogP contribution in [0.5, 0.6) is 0 Å². The van der Waals surface area contributed by atoms with Gasteiger partial charge >= 0.3 is 5.97 Å². The fraction of sp³-hybridized carbons (Fsp3) is 0.700. The highest BCUT2D eigenvalue weighted by Gasteiger charge is 1.93. The molecule has 0 bridgehead atoms. The van der Waals surface area contributed by atoms with Crippen LogP contribution in [0.1, 0.15) is 33.1 Å². The SMILES string of the molecule is C=C(C)OCCCCCOC(C)=O. The molecule has 76 valence electrons. The molecule has 0 aromatic carbocycles. The number of hydrogen-bond acceptors (Lipinski definition) is 3. The summed E-state index contributed by atoms with van der Waals surface area (Å²) in [5.41, 5.74) is 0. The monoisotopic (exact) mass is 186 g/mol. The molecule has 3 nitrogen and oxygen atoms in total. The van der Waals surface area contributed by atoms with Gasteiger partial charge in [0.2, 0.25) is 0 Å². The molecule has 0 N–H and O–H groups in total. The fourth-order valence-corrected chi connectivity index (χ4v) is 0.843. The number of unbranched alkanes of at least 4 members (excludes halogenated alkanes) is 2. The molecule has 0 spiro atoms. The number of hydrogen-bond donors (Lipinski definition) is 0. The van der Waals surface area contributed by atoms with Crippen LogP contribution in [0.15, 0.2) is 12.3 Å². The molecule has 0 fully saturated rings. The Morgan fingerprint density at radius 2 is 1.62 bits per heavy atom. The molecule has 0 radical (unpaired) electrons. The fourth-order valence-electron chi connectivity index (χ4n) is 0.843. The molecule has 0 aliphatic rings. The van der Waals surface area contributed by atoms with Gasteiger partial charge in [0.15, 0.2) is 0 Å². The minimum absolute atomic E-state index is 0.210. The van der Waals surface area contributed by atoms with Crippen LogP contribution < -0.4 is 0 Å². The van der Waals surface area contributed by atoms with E-state index >= 15 is 0 Å². The first-order chi connectivity index (χ1) is 6.13. The van der Waals surface area contributed by atoms with Gasteiger partial charge in [0.05, 0.1) is 19.0 Å². The second kappa shape index (κ2) is 7.65. The molecule has 3 heteroatoms. The van der Waals surface area contributed by atoms with Gasteiger partial charge < -0.3 is 9.47 Å². The van der Waals surface area contributed by atoms with Crippen molar-refractivity contribution < 1.29 is 14.3 Å². The molecule has 0 unspecified atom stereocenters. The predicted molar refractivity (Wildman–Crippen MR) is 51.3 cm³/mol. The zero-order valence-electron chi connectivity index (χ0n) is 8.47. The Kier molecular flexibility index (Phi) is 7.07. The number of ether oxygens (including phenoxy) is 2. The van der Waals surface area contributed by atoms with Crippen molar-refractivity contribution in [2.45, 2.75) is 33.1 Å². The maximum Gasteiger partial charge on any atom is 0.302 e. The summed E-state index contributed by atoms with van der Waals surface area (Å²) in [6.45, 7) is 8.09. The van der Waals surface area contributed by atoms with E-state index in [1.165, 1.54) is 6.92 Å². The first-order valence-electron chi connectivity index (χ1n) is 4.54. The molecule has 0 saturated heterocycles. The molecule has 0 amide bonds. The van der Waals surface area contributed by atoms with Crippen molar-refractivity contribution in [2.75, 3.05) is 13.2 Å². The Labute approximate surface area is 79.7 Å². The zero-order valence-corrected chi connectivity index (χ0v) is 8.47. The third-order valence-corrected chi connectivity index (χ3v) is 1.44. The van der Waals surface area contributed by atoms with Gasteiger partial charge in [0.25, 0.3) is 0 Å². The van der Waals surface area contributed by atoms with Gasteiger partial charge in [-0.05, 0) is 26.2 Å². The molecule has 0 aliphatic heterocycles. The van der Waals surface area contributed by atoms with E-state index in [1.807, 2.05) is 6.92 Å². The lowest BCUT2D eigenvalue weighted by molar-refractivity contribution is -0.141. The van der Waals surface area contributed by atoms with Crippen LogP contribution >= 0.6 is 0 Å². The van der Waals surface area contributed by atoms with E-state index in [-0.39, 0.29) is 5.97 Å². The molecule has 0 atom stereocenters. The van der Waals surface area contributed by atoms with E-state index in [1.54, 1.807) is 0 Å². The molecule has 0 aromatic heterocycles. The van der Waals surface area contributed by atoms with Crippen molar-refractivity contribution in [3.63, 3.8) is 0 Å². The lowest BCUT2D eigenvalue weighted by Gasteiger charge is -2.04. The summed E-state index contributed by atoms with van der Waals surface area (Å²) in [6.07, 6.45) is 2.90. The first kappa shape index (κ1) is 12.0. The highest BCUT2D eigenvalue weighted by molar-refractivity contribution is 5.65. The Balaban J connectivity index is 3.00. The summed E-state index contributed by atoms with van der Waals surface area (Å²) in [7, 11) is 0. The van der Waals surface area contributed by atoms with Gasteiger partial charge in [-0.25, -0.2) is 0 Å². The Bertz CT molecular complexity index is 146. The minimum Gasteiger partial charge on any atom is -0.499 e. The van der Waals surface area contributed by atoms with Crippen molar-refractivity contribution in [3.8, 4) is 0 Å². The van der Waals surface area contributed by atoms with Crippen molar-refractivity contribution >= 4 is 5.97 Å². The van der Waals surface area contributed by atoms with Gasteiger partial charge in [0.1, 0.15) is 0 Å². The van der Waals surface area contributed by atoms with E-state index in [4.69, 9.17) is 9.47 Å². The summed E-state index contributed by atoms with van der Waals surface area (Å²) >= 11 is 0. The zero-order chi connectivity index (χ0) is 10.1. The van der Waals surface area contributed by atoms with Crippen LogP contribution in [0, 0.1) is 0 Å². The lowest BCUT2D eigenvalue weighted by atomic mass is 10.2. The number of rotatable bonds is 7. The van der Waals surface area contributed by atoms with Crippen LogP contribution in [-0.4, -0.2) is 19.2 Å². The molecule has 0 aliphatic carbocycles. The van der Waals surface area contributed by atoms with Gasteiger partial charge in [-0.1, -0.05) is 6.58 Å². The minimum atomic E-state index is -0.210. The summed E-state index contributed by atoms with van der Waals surface area (Å²) in [6, 6.07) is 0. The third kappa shape index (κ3) is 11.0. The Morgan fingerprint density at radius 1 is 1.08 bits per heavy atom. The average molecular weight is 186 g/mol. The number of carbonyl (C=O) groups excluding carboxylic acids is 1. The maximum absolute atomic E-state index is 10.4. The quantitative estimate of drug-likeness (QED) is 0.347. The molecular formula is C10H18O3. The highest BCUT2D eigenvalue weighted by Crippen LogP contribution is 1.99. The van der Waals surface area contributed by atoms with E-state index < -0.39 is 0 Å². The molecular weight excluding hydrogens is 168 g/mol. The van der Waals surface area contributed by atoms with Crippen molar-refractivity contribution in [1.82, 2.24) is 0 Å². The predicted octanol–water partition coefficient (Wildman–Crippen LogP) is 2.27. The Morgan fingerprint density at radius 3 is 2.08 bits per heavy atom. The average Bonchev–Trinajstić information content (AvgIpc) is 2.01. The van der Waals surface area contributed by atoms with E-state index in [9.17, 15) is 4.79 Å². The molecule has 0 saturated carbocycles. The maximum atomic E-state index is 10.4. The highest BCUT2D eigenvalue weighted by atomic mass is 16.5. The first-order valence-corrected chi connectivity index (χ1v) is 4.54. The van der Waals surface area contributed by atoms with E-state index in [0.717, 1.165) is 25.0 Å². The molecule has 0 rings (SSSR count). The molecule has 0 aromatic rings. The number of esters is 1. The van der Waals surface area contributed by atoms with E-state index in [0.29, 0.717) is 13.2 Å². The van der Waals surface area contributed by atoms with Crippen LogP contribution in [0.3, 0.4) is 0 Å². The van der Waals surface area contributed by atoms with Crippen LogP contribution in [0.25, 0.3) is 0 Å². The molecule has 0 heterocycles. The van der Waals surface area contributed by atoms with Gasteiger partial charge in [-0.3, -0.25) is 4.79 Å². The summed E-state index contributed by atoms with van der Waals surface area (Å²) < 4.78 is 9.94. The molecule has 13 heavy (non-hydrogen) atoms. The lowest BCUT2D eigenvalue weighted by Crippen LogP contribution is -2.01. The van der Waals surface area contributed by atoms with Crippen molar-refractivity contribution in [3.05, 3.63) is 12.3 Å². The number of allylic oxidation sites excluding steroid dienone is 1. The van der Waals surface area contributed by atoms with Gasteiger partial charge in [-0.2, -0.15) is 0 Å². The van der Waals surface area contributed by atoms with Gasteiger partial charge in [0, 0.05) is 6.92 Å². The second-order valence-corrected chi connectivity index (χ2v) is 2.95. The van der Waals surface area contributed by atoms with Gasteiger partial charge in [-0.15, -0.1) is 0 Å². The summed E-state index contributed by atoms with van der Waals surface area (Å²) in [5.74, 6) is 0.540. The standard InChI is InChI=1S/C10H18O3/c1-9(2)12-7-5-4-6-8-13-10(3)11/h1,4-8H2,2-3H3. The van der Waals surface area contributed by atoms with Crippen molar-refractivity contribution in [1.29, 1.82) is 0 Å². The van der Waals surface area contributed by atoms with Crippen molar-refractivity contribution in [2.24, 2.45) is 0 Å². The topological polar surface area (TPSA) is 35.5 Å². The normalized spacial score (nSPS) is 9.38. The largest absolute Gasteiger partial charge is 0.499 e.